The smallest absolute Gasteiger partial charge is 0.170 e. The van der Waals surface area contributed by atoms with Gasteiger partial charge in [0.25, 0.3) is 0 Å². The molecule has 2 atom stereocenters. The maximum atomic E-state index is 13.9. The van der Waals surface area contributed by atoms with Gasteiger partial charge in [0.2, 0.25) is 0 Å². The lowest BCUT2D eigenvalue weighted by molar-refractivity contribution is 0.127. The fraction of sp³-hybridized carbons (Fsp3) is 0.462. The van der Waals surface area contributed by atoms with Crippen molar-refractivity contribution in [3.63, 3.8) is 0 Å². The average Bonchev–Trinajstić information content (AvgIpc) is 2.82. The molecule has 0 spiro atoms. The highest BCUT2D eigenvalue weighted by atomic mass is 32.2. The van der Waals surface area contributed by atoms with E-state index in [9.17, 15) is 4.39 Å². The van der Waals surface area contributed by atoms with Gasteiger partial charge in [0.15, 0.2) is 5.84 Å². The van der Waals surface area contributed by atoms with Crippen LogP contribution < -0.4 is 5.73 Å². The first-order valence-corrected chi connectivity index (χ1v) is 7.16. The van der Waals surface area contributed by atoms with Crippen molar-refractivity contribution in [2.24, 2.45) is 10.9 Å². The molecule has 104 valence electrons. The number of ether oxygens (including phenoxy) is 1. The standard InChI is InChI=1S/C13H17FN2O2S/c1-8-12(4-5-18-8)19-7-10-3-2-9(6-11(10)14)13(15)16-17/h2-3,6,8,12,17H,4-5,7H2,1H3,(H2,15,16). The van der Waals surface area contributed by atoms with Crippen LogP contribution in [0.4, 0.5) is 4.39 Å². The number of nitrogens with zero attached hydrogens (tertiary/aromatic N) is 1. The van der Waals surface area contributed by atoms with Crippen molar-refractivity contribution in [1.29, 1.82) is 0 Å². The number of oxime groups is 1. The SMILES string of the molecule is CC1OCCC1SCc1ccc(/C(N)=N/O)cc1F. The Labute approximate surface area is 115 Å². The Morgan fingerprint density at radius 3 is 3.00 bits per heavy atom. The predicted molar refractivity (Wildman–Crippen MR) is 74.0 cm³/mol. The number of thioether (sulfide) groups is 1. The number of rotatable bonds is 4. The molecule has 4 nitrogen and oxygen atoms in total. The molecule has 0 amide bonds. The Hall–Kier alpha value is -1.27. The molecule has 1 heterocycles. The molecule has 1 fully saturated rings. The normalized spacial score (nSPS) is 23.8. The fourth-order valence-corrected chi connectivity index (χ4v) is 3.25. The molecule has 1 aromatic carbocycles. The van der Waals surface area contributed by atoms with E-state index < -0.39 is 0 Å². The van der Waals surface area contributed by atoms with Gasteiger partial charge >= 0.3 is 0 Å². The highest BCUT2D eigenvalue weighted by molar-refractivity contribution is 7.99. The zero-order valence-electron chi connectivity index (χ0n) is 10.7. The third kappa shape index (κ3) is 3.39. The molecule has 0 bridgehead atoms. The zero-order valence-corrected chi connectivity index (χ0v) is 11.5. The molecular formula is C13H17FN2O2S. The van der Waals surface area contributed by atoms with Gasteiger partial charge in [-0.15, -0.1) is 0 Å². The first-order chi connectivity index (χ1) is 9.11. The van der Waals surface area contributed by atoms with Crippen LogP contribution in [-0.2, 0) is 10.5 Å². The van der Waals surface area contributed by atoms with Gasteiger partial charge in [-0.25, -0.2) is 4.39 Å². The van der Waals surface area contributed by atoms with Crippen LogP contribution in [0.15, 0.2) is 23.4 Å². The minimum Gasteiger partial charge on any atom is -0.409 e. The summed E-state index contributed by atoms with van der Waals surface area (Å²) in [6.45, 7) is 2.83. The van der Waals surface area contributed by atoms with E-state index >= 15 is 0 Å². The van der Waals surface area contributed by atoms with Crippen LogP contribution in [0.2, 0.25) is 0 Å². The van der Waals surface area contributed by atoms with Crippen molar-refractivity contribution < 1.29 is 14.3 Å². The zero-order chi connectivity index (χ0) is 13.8. The van der Waals surface area contributed by atoms with Gasteiger partial charge in [-0.1, -0.05) is 17.3 Å². The summed E-state index contributed by atoms with van der Waals surface area (Å²) in [5.41, 5.74) is 6.42. The van der Waals surface area contributed by atoms with Crippen molar-refractivity contribution in [3.8, 4) is 0 Å². The summed E-state index contributed by atoms with van der Waals surface area (Å²) in [7, 11) is 0. The monoisotopic (exact) mass is 284 g/mol. The molecule has 0 aromatic heterocycles. The number of benzene rings is 1. The predicted octanol–water partition coefficient (Wildman–Crippen LogP) is 2.33. The Morgan fingerprint density at radius 2 is 2.42 bits per heavy atom. The lowest BCUT2D eigenvalue weighted by Crippen LogP contribution is -2.14. The molecule has 2 rings (SSSR count). The Balaban J connectivity index is 2.01. The third-order valence-corrected chi connectivity index (χ3v) is 4.74. The van der Waals surface area contributed by atoms with Crippen molar-refractivity contribution in [1.82, 2.24) is 0 Å². The number of amidine groups is 1. The van der Waals surface area contributed by atoms with Gasteiger partial charge in [-0.05, 0) is 25.0 Å². The molecule has 0 saturated carbocycles. The molecule has 1 aromatic rings. The van der Waals surface area contributed by atoms with Crippen molar-refractivity contribution in [2.45, 2.75) is 30.5 Å². The highest BCUT2D eigenvalue weighted by Crippen LogP contribution is 2.29. The van der Waals surface area contributed by atoms with Crippen LogP contribution in [0.1, 0.15) is 24.5 Å². The average molecular weight is 284 g/mol. The van der Waals surface area contributed by atoms with Gasteiger partial charge in [0.05, 0.1) is 6.10 Å². The summed E-state index contributed by atoms with van der Waals surface area (Å²) < 4.78 is 19.4. The number of halogens is 1. The van der Waals surface area contributed by atoms with Gasteiger partial charge in [-0.2, -0.15) is 11.8 Å². The molecule has 3 N–H and O–H groups in total. The van der Waals surface area contributed by atoms with E-state index in [-0.39, 0.29) is 17.8 Å². The largest absolute Gasteiger partial charge is 0.409 e. The lowest BCUT2D eigenvalue weighted by Gasteiger charge is -2.13. The maximum Gasteiger partial charge on any atom is 0.170 e. The van der Waals surface area contributed by atoms with Crippen molar-refractivity contribution in [2.75, 3.05) is 6.61 Å². The second kappa shape index (κ2) is 6.25. The van der Waals surface area contributed by atoms with Gasteiger partial charge < -0.3 is 15.7 Å². The van der Waals surface area contributed by atoms with Crippen LogP contribution in [0.3, 0.4) is 0 Å². The molecule has 1 aliphatic rings. The topological polar surface area (TPSA) is 67.8 Å². The van der Waals surface area contributed by atoms with Gasteiger partial charge in [0.1, 0.15) is 5.82 Å². The van der Waals surface area contributed by atoms with E-state index in [1.54, 1.807) is 23.9 Å². The van der Waals surface area contributed by atoms with Crippen LogP contribution in [-0.4, -0.2) is 29.0 Å². The Morgan fingerprint density at radius 1 is 1.63 bits per heavy atom. The number of hydrogen-bond acceptors (Lipinski definition) is 4. The number of hydrogen-bond donors (Lipinski definition) is 2. The lowest BCUT2D eigenvalue weighted by atomic mass is 10.1. The summed E-state index contributed by atoms with van der Waals surface area (Å²) in [6, 6.07) is 4.62. The van der Waals surface area contributed by atoms with E-state index in [0.717, 1.165) is 13.0 Å². The molecule has 2 unspecified atom stereocenters. The first kappa shape index (κ1) is 14.1. The van der Waals surface area contributed by atoms with Crippen molar-refractivity contribution >= 4 is 17.6 Å². The molecule has 1 saturated heterocycles. The molecular weight excluding hydrogens is 267 g/mol. The van der Waals surface area contributed by atoms with E-state index in [4.69, 9.17) is 15.7 Å². The highest BCUT2D eigenvalue weighted by Gasteiger charge is 2.24. The summed E-state index contributed by atoms with van der Waals surface area (Å²) in [5.74, 6) is 0.180. The second-order valence-electron chi connectivity index (χ2n) is 4.51. The molecule has 6 heteroatoms. The Bertz CT molecular complexity index is 482. The van der Waals surface area contributed by atoms with Crippen molar-refractivity contribution in [3.05, 3.63) is 35.1 Å². The maximum absolute atomic E-state index is 13.9. The van der Waals surface area contributed by atoms with E-state index in [1.807, 2.05) is 6.92 Å². The van der Waals surface area contributed by atoms with E-state index in [2.05, 4.69) is 5.16 Å². The minimum absolute atomic E-state index is 0.0871. The molecule has 0 radical (unpaired) electrons. The minimum atomic E-state index is -0.330. The molecule has 19 heavy (non-hydrogen) atoms. The molecule has 1 aliphatic heterocycles. The van der Waals surface area contributed by atoms with Gasteiger partial charge in [-0.3, -0.25) is 0 Å². The molecule has 0 aliphatic carbocycles. The van der Waals surface area contributed by atoms with E-state index in [0.29, 0.717) is 22.1 Å². The summed E-state index contributed by atoms with van der Waals surface area (Å²) in [4.78, 5) is 0. The first-order valence-electron chi connectivity index (χ1n) is 6.11. The summed E-state index contributed by atoms with van der Waals surface area (Å²) >= 11 is 1.70. The van der Waals surface area contributed by atoms with Crippen LogP contribution >= 0.6 is 11.8 Å². The van der Waals surface area contributed by atoms with Crippen LogP contribution in [0.25, 0.3) is 0 Å². The van der Waals surface area contributed by atoms with Gasteiger partial charge in [0, 0.05) is 23.2 Å². The summed E-state index contributed by atoms with van der Waals surface area (Å²) in [5, 5.41) is 11.8. The number of nitrogens with two attached hydrogens (primary N) is 1. The second-order valence-corrected chi connectivity index (χ2v) is 5.73. The van der Waals surface area contributed by atoms with Crippen LogP contribution in [0.5, 0.6) is 0 Å². The van der Waals surface area contributed by atoms with Crippen LogP contribution in [0, 0.1) is 5.82 Å². The van der Waals surface area contributed by atoms with E-state index in [1.165, 1.54) is 6.07 Å². The fourth-order valence-electron chi connectivity index (χ4n) is 2.01. The quantitative estimate of drug-likeness (QED) is 0.385. The third-order valence-electron chi connectivity index (χ3n) is 3.22. The Kier molecular flexibility index (Phi) is 4.66. The summed E-state index contributed by atoms with van der Waals surface area (Å²) in [6.07, 6.45) is 1.24.